The maximum absolute atomic E-state index is 14.7. The average Bonchev–Trinajstić information content (AvgIpc) is 3.71. The summed E-state index contributed by atoms with van der Waals surface area (Å²) < 4.78 is 6.67. The van der Waals surface area contributed by atoms with Gasteiger partial charge in [0.2, 0.25) is 11.8 Å². The number of nitrogens with zero attached hydrogens (tertiary/aromatic N) is 4. The highest BCUT2D eigenvalue weighted by Crippen LogP contribution is 2.59. The van der Waals surface area contributed by atoms with Crippen molar-refractivity contribution < 1.29 is 24.2 Å². The number of likely N-dealkylation sites (tertiary alicyclic amines) is 1. The fourth-order valence-electron chi connectivity index (χ4n) is 7.65. The van der Waals surface area contributed by atoms with Gasteiger partial charge in [0.05, 0.1) is 30.6 Å². The highest BCUT2D eigenvalue weighted by Gasteiger charge is 2.75. The molecule has 2 unspecified atom stereocenters. The molecular weight excluding hydrogens is 568 g/mol. The number of fused-ring (bicyclic) bond motifs is 1. The number of benzene rings is 2. The molecule has 0 radical (unpaired) electrons. The molecule has 3 amide bonds. The molecule has 1 spiro atoms. The van der Waals surface area contributed by atoms with Crippen molar-refractivity contribution in [3.8, 4) is 0 Å². The molecule has 9 nitrogen and oxygen atoms in total. The number of anilines is 2. The van der Waals surface area contributed by atoms with E-state index in [0.29, 0.717) is 31.6 Å². The Morgan fingerprint density at radius 2 is 1.67 bits per heavy atom. The van der Waals surface area contributed by atoms with Crippen LogP contribution in [0, 0.1) is 11.8 Å². The monoisotopic (exact) mass is 614 g/mol. The van der Waals surface area contributed by atoms with E-state index in [0.717, 1.165) is 24.3 Å². The van der Waals surface area contributed by atoms with Gasteiger partial charge in [-0.2, -0.15) is 0 Å². The van der Waals surface area contributed by atoms with Crippen LogP contribution in [-0.4, -0.2) is 89.2 Å². The largest absolute Gasteiger partial charge is 0.394 e. The van der Waals surface area contributed by atoms with Crippen LogP contribution in [0.15, 0.2) is 79.9 Å². The second kappa shape index (κ2) is 13.6. The minimum Gasteiger partial charge on any atom is -0.394 e. The first-order valence-corrected chi connectivity index (χ1v) is 16.1. The second-order valence-electron chi connectivity index (χ2n) is 12.3. The predicted molar refractivity (Wildman–Crippen MR) is 176 cm³/mol. The minimum absolute atomic E-state index is 0.177. The number of aliphatic hydroxyl groups excluding tert-OH is 1. The fourth-order valence-corrected chi connectivity index (χ4v) is 7.65. The number of carbonyl (C=O) groups excluding carboxylic acids is 3. The molecule has 0 aliphatic carbocycles. The summed E-state index contributed by atoms with van der Waals surface area (Å²) in [5.74, 6) is -2.36. The molecule has 2 aromatic rings. The van der Waals surface area contributed by atoms with E-state index >= 15 is 0 Å². The molecule has 240 valence electrons. The normalized spacial score (nSPS) is 25.5. The number of hydrogen-bond acceptors (Lipinski definition) is 6. The SMILES string of the molecule is C=CCN(Cc1ccccc1)C(=O)[C@@H]1[C@H]2C(=O)N([C@H](C)CO)C(C(=O)N(CC=C)c3ccc(N(CC)CC)cc3)C23CC[C@H]1O3. The topological polar surface area (TPSA) is 93.6 Å². The van der Waals surface area contributed by atoms with Crippen LogP contribution < -0.4 is 9.80 Å². The molecule has 3 fully saturated rings. The molecule has 3 saturated heterocycles. The van der Waals surface area contributed by atoms with E-state index in [1.807, 2.05) is 54.6 Å². The molecule has 3 heterocycles. The van der Waals surface area contributed by atoms with Crippen molar-refractivity contribution in [2.24, 2.45) is 11.8 Å². The van der Waals surface area contributed by atoms with Crippen LogP contribution in [0.2, 0.25) is 0 Å². The zero-order valence-corrected chi connectivity index (χ0v) is 26.7. The van der Waals surface area contributed by atoms with Gasteiger partial charge >= 0.3 is 0 Å². The maximum atomic E-state index is 14.7. The van der Waals surface area contributed by atoms with Crippen molar-refractivity contribution in [2.75, 3.05) is 42.6 Å². The van der Waals surface area contributed by atoms with Gasteiger partial charge in [0.15, 0.2) is 0 Å². The molecule has 3 aliphatic rings. The van der Waals surface area contributed by atoms with E-state index < -0.39 is 35.6 Å². The molecule has 0 saturated carbocycles. The molecule has 45 heavy (non-hydrogen) atoms. The van der Waals surface area contributed by atoms with E-state index in [2.05, 4.69) is 31.9 Å². The summed E-state index contributed by atoms with van der Waals surface area (Å²) in [7, 11) is 0. The molecule has 9 heteroatoms. The van der Waals surface area contributed by atoms with Gasteiger partial charge in [-0.25, -0.2) is 0 Å². The summed E-state index contributed by atoms with van der Waals surface area (Å²) >= 11 is 0. The molecule has 5 rings (SSSR count). The summed E-state index contributed by atoms with van der Waals surface area (Å²) in [6.07, 6.45) is 3.92. The summed E-state index contributed by atoms with van der Waals surface area (Å²) in [4.78, 5) is 50.5. The van der Waals surface area contributed by atoms with E-state index in [-0.39, 0.29) is 30.9 Å². The van der Waals surface area contributed by atoms with Crippen LogP contribution in [0.5, 0.6) is 0 Å². The van der Waals surface area contributed by atoms with Gasteiger partial charge in [-0.1, -0.05) is 42.5 Å². The Kier molecular flexibility index (Phi) is 9.79. The van der Waals surface area contributed by atoms with Gasteiger partial charge in [-0.15, -0.1) is 13.2 Å². The standard InChI is InChI=1S/C36H46N4O5/c1-6-21-38(23-26-13-11-10-12-14-26)33(42)30-29-19-20-36(45-29)31(30)34(43)40(25(5)24-41)32(36)35(44)39(22-7-2)28-17-15-27(16-18-28)37(8-3)9-4/h6-7,10-18,25,29-32,41H,1-2,8-9,19-24H2,3-5H3/t25-,29-,30+,31+,32?,36?/m1/s1. The van der Waals surface area contributed by atoms with Crippen LogP contribution in [-0.2, 0) is 25.7 Å². The molecule has 1 N–H and O–H groups in total. The smallest absolute Gasteiger partial charge is 0.253 e. The Balaban J connectivity index is 1.51. The first-order chi connectivity index (χ1) is 21.8. The predicted octanol–water partition coefficient (Wildman–Crippen LogP) is 4.02. The third-order valence-electron chi connectivity index (χ3n) is 9.74. The van der Waals surface area contributed by atoms with Gasteiger partial charge in [-0.05, 0) is 63.4 Å². The molecule has 6 atom stereocenters. The second-order valence-corrected chi connectivity index (χ2v) is 12.3. The number of rotatable bonds is 14. The van der Waals surface area contributed by atoms with Crippen LogP contribution in [0.25, 0.3) is 0 Å². The lowest BCUT2D eigenvalue weighted by molar-refractivity contribution is -0.147. The third kappa shape index (κ3) is 5.68. The Labute approximate surface area is 266 Å². The van der Waals surface area contributed by atoms with Crippen molar-refractivity contribution in [1.82, 2.24) is 9.80 Å². The zero-order valence-electron chi connectivity index (χ0n) is 26.7. The van der Waals surface area contributed by atoms with Gasteiger partial charge in [0, 0.05) is 44.1 Å². The number of ether oxygens (including phenoxy) is 1. The Bertz CT molecular complexity index is 1390. The van der Waals surface area contributed by atoms with Crippen molar-refractivity contribution in [2.45, 2.75) is 63.9 Å². The van der Waals surface area contributed by atoms with Crippen molar-refractivity contribution in [3.63, 3.8) is 0 Å². The number of carbonyl (C=O) groups is 3. The van der Waals surface area contributed by atoms with Crippen molar-refractivity contribution in [1.29, 1.82) is 0 Å². The van der Waals surface area contributed by atoms with Gasteiger partial charge in [0.1, 0.15) is 11.6 Å². The quantitative estimate of drug-likeness (QED) is 0.323. The lowest BCUT2D eigenvalue weighted by Gasteiger charge is -2.38. The molecule has 3 aliphatic heterocycles. The first-order valence-electron chi connectivity index (χ1n) is 16.1. The average molecular weight is 615 g/mol. The van der Waals surface area contributed by atoms with E-state index in [9.17, 15) is 19.5 Å². The highest BCUT2D eigenvalue weighted by atomic mass is 16.5. The van der Waals surface area contributed by atoms with Gasteiger partial charge < -0.3 is 29.4 Å². The fraction of sp³-hybridized carbons (Fsp3) is 0.472. The van der Waals surface area contributed by atoms with Gasteiger partial charge in [0.25, 0.3) is 5.91 Å². The van der Waals surface area contributed by atoms with E-state index in [1.165, 1.54) is 4.90 Å². The van der Waals surface area contributed by atoms with E-state index in [1.54, 1.807) is 28.9 Å². The molecular formula is C36H46N4O5. The Hall–Kier alpha value is -3.95. The molecule has 2 bridgehead atoms. The van der Waals surface area contributed by atoms with Gasteiger partial charge in [-0.3, -0.25) is 14.4 Å². The number of hydrogen-bond donors (Lipinski definition) is 1. The summed E-state index contributed by atoms with van der Waals surface area (Å²) in [6.45, 7) is 16.0. The zero-order chi connectivity index (χ0) is 32.3. The van der Waals surface area contributed by atoms with Crippen LogP contribution >= 0.6 is 0 Å². The first kappa shape index (κ1) is 32.4. The summed E-state index contributed by atoms with van der Waals surface area (Å²) in [5, 5.41) is 10.3. The van der Waals surface area contributed by atoms with E-state index in [4.69, 9.17) is 4.74 Å². The minimum atomic E-state index is -1.17. The van der Waals surface area contributed by atoms with Crippen molar-refractivity contribution >= 4 is 29.1 Å². The van der Waals surface area contributed by atoms with Crippen molar-refractivity contribution in [3.05, 3.63) is 85.5 Å². The van der Waals surface area contributed by atoms with Crippen LogP contribution in [0.4, 0.5) is 11.4 Å². The Morgan fingerprint density at radius 3 is 2.27 bits per heavy atom. The molecule has 2 aromatic carbocycles. The summed E-state index contributed by atoms with van der Waals surface area (Å²) in [6, 6.07) is 15.9. The lowest BCUT2D eigenvalue weighted by atomic mass is 9.70. The summed E-state index contributed by atoms with van der Waals surface area (Å²) in [5.41, 5.74) is 1.54. The third-order valence-corrected chi connectivity index (χ3v) is 9.74. The maximum Gasteiger partial charge on any atom is 0.253 e. The highest BCUT2D eigenvalue weighted by molar-refractivity contribution is 6.05. The van der Waals surface area contributed by atoms with Crippen LogP contribution in [0.3, 0.4) is 0 Å². The van der Waals surface area contributed by atoms with Crippen LogP contribution in [0.1, 0.15) is 39.2 Å². The number of amides is 3. The Morgan fingerprint density at radius 1 is 1.02 bits per heavy atom. The lowest BCUT2D eigenvalue weighted by Crippen LogP contribution is -2.58. The number of aliphatic hydroxyl groups is 1. The molecule has 0 aromatic heterocycles.